The Balaban J connectivity index is 1.87. The molecule has 0 radical (unpaired) electrons. The molecule has 0 atom stereocenters. The first-order chi connectivity index (χ1) is 13.1. The lowest BCUT2D eigenvalue weighted by Crippen LogP contribution is -2.17. The summed E-state index contributed by atoms with van der Waals surface area (Å²) in [6.45, 7) is 0.938. The van der Waals surface area contributed by atoms with E-state index in [0.29, 0.717) is 33.9 Å². The number of amides is 1. The number of alkyl halides is 1. The normalized spacial score (nSPS) is 15.1. The second-order valence-electron chi connectivity index (χ2n) is 5.47. The number of hydrogen-bond acceptors (Lipinski definition) is 5. The summed E-state index contributed by atoms with van der Waals surface area (Å²) in [5.41, 5.74) is 1.81. The van der Waals surface area contributed by atoms with Gasteiger partial charge in [-0.3, -0.25) is 4.79 Å². The minimum absolute atomic E-state index is 0.193. The fourth-order valence-electron chi connectivity index (χ4n) is 2.34. The van der Waals surface area contributed by atoms with Crippen LogP contribution in [0.5, 0.6) is 11.5 Å². The Morgan fingerprint density at radius 2 is 2.00 bits per heavy atom. The third kappa shape index (κ3) is 5.57. The SMILES string of the molecule is O=C1NC(=S)S/C1=C/c1ccc(OCCBr)cc1OCc1ccccc1Br. The number of benzene rings is 2. The van der Waals surface area contributed by atoms with Crippen LogP contribution in [0.25, 0.3) is 6.08 Å². The monoisotopic (exact) mass is 527 g/mol. The molecule has 1 amide bonds. The van der Waals surface area contributed by atoms with E-state index in [-0.39, 0.29) is 5.91 Å². The molecule has 4 nitrogen and oxygen atoms in total. The highest BCUT2D eigenvalue weighted by molar-refractivity contribution is 9.10. The van der Waals surface area contributed by atoms with Crippen molar-refractivity contribution in [1.82, 2.24) is 5.32 Å². The standard InChI is InChI=1S/C19H15Br2NO3S2/c20-7-8-24-14-6-5-12(9-17-18(23)22-19(26)27-17)16(10-14)25-11-13-3-1-2-4-15(13)21/h1-6,9-10H,7-8,11H2,(H,22,23,26)/b17-9+. The van der Waals surface area contributed by atoms with Gasteiger partial charge in [-0.05, 0) is 24.3 Å². The molecule has 1 N–H and O–H groups in total. The van der Waals surface area contributed by atoms with Crippen molar-refractivity contribution in [2.45, 2.75) is 6.61 Å². The maximum absolute atomic E-state index is 12.0. The van der Waals surface area contributed by atoms with Crippen molar-refractivity contribution in [3.63, 3.8) is 0 Å². The van der Waals surface area contributed by atoms with Gasteiger partial charge in [0.15, 0.2) is 0 Å². The van der Waals surface area contributed by atoms with E-state index in [4.69, 9.17) is 21.7 Å². The van der Waals surface area contributed by atoms with Crippen LogP contribution in [-0.2, 0) is 11.4 Å². The number of thioether (sulfide) groups is 1. The van der Waals surface area contributed by atoms with Crippen molar-refractivity contribution >= 4 is 72.1 Å². The molecule has 3 rings (SSSR count). The van der Waals surface area contributed by atoms with Crippen molar-refractivity contribution in [3.05, 3.63) is 63.0 Å². The smallest absolute Gasteiger partial charge is 0.263 e. The Labute approximate surface area is 184 Å². The Hall–Kier alpha value is -1.35. The minimum atomic E-state index is -0.193. The Morgan fingerprint density at radius 1 is 1.19 bits per heavy atom. The van der Waals surface area contributed by atoms with Gasteiger partial charge in [0.25, 0.3) is 5.91 Å². The molecule has 8 heteroatoms. The van der Waals surface area contributed by atoms with E-state index in [1.54, 1.807) is 6.08 Å². The van der Waals surface area contributed by atoms with Crippen molar-refractivity contribution in [2.24, 2.45) is 0 Å². The molecule has 2 aromatic rings. The largest absolute Gasteiger partial charge is 0.493 e. The minimum Gasteiger partial charge on any atom is -0.493 e. The van der Waals surface area contributed by atoms with Gasteiger partial charge in [0.1, 0.15) is 22.4 Å². The Kier molecular flexibility index (Phi) is 7.34. The van der Waals surface area contributed by atoms with E-state index in [2.05, 4.69) is 37.2 Å². The van der Waals surface area contributed by atoms with Crippen LogP contribution in [0.4, 0.5) is 0 Å². The molecule has 27 heavy (non-hydrogen) atoms. The number of hydrogen-bond donors (Lipinski definition) is 1. The summed E-state index contributed by atoms with van der Waals surface area (Å²) < 4.78 is 13.2. The highest BCUT2D eigenvalue weighted by Crippen LogP contribution is 2.32. The fraction of sp³-hybridized carbons (Fsp3) is 0.158. The average molecular weight is 529 g/mol. The van der Waals surface area contributed by atoms with Crippen LogP contribution in [0.1, 0.15) is 11.1 Å². The zero-order valence-corrected chi connectivity index (χ0v) is 18.8. The first-order valence-electron chi connectivity index (χ1n) is 8.00. The van der Waals surface area contributed by atoms with Gasteiger partial charge >= 0.3 is 0 Å². The molecule has 0 bridgehead atoms. The van der Waals surface area contributed by atoms with E-state index >= 15 is 0 Å². The average Bonchev–Trinajstić information content (AvgIpc) is 2.97. The van der Waals surface area contributed by atoms with Crippen LogP contribution >= 0.6 is 55.8 Å². The summed E-state index contributed by atoms with van der Waals surface area (Å²) in [6, 6.07) is 13.4. The zero-order valence-electron chi connectivity index (χ0n) is 14.0. The van der Waals surface area contributed by atoms with Crippen molar-refractivity contribution in [3.8, 4) is 11.5 Å². The number of carbonyl (C=O) groups excluding carboxylic acids is 1. The third-order valence-corrected chi connectivity index (χ3v) is 5.86. The molecule has 1 aliphatic heterocycles. The number of carbonyl (C=O) groups is 1. The fourth-order valence-corrected chi connectivity index (χ4v) is 3.93. The lowest BCUT2D eigenvalue weighted by molar-refractivity contribution is -0.115. The number of halogens is 2. The van der Waals surface area contributed by atoms with Crippen LogP contribution in [-0.4, -0.2) is 22.2 Å². The van der Waals surface area contributed by atoms with E-state index in [1.165, 1.54) is 11.8 Å². The summed E-state index contributed by atoms with van der Waals surface area (Å²) in [7, 11) is 0. The molecular formula is C19H15Br2NO3S2. The molecule has 1 heterocycles. The number of rotatable bonds is 7. The van der Waals surface area contributed by atoms with Gasteiger partial charge in [0, 0.05) is 27.0 Å². The summed E-state index contributed by atoms with van der Waals surface area (Å²) in [5.74, 6) is 1.15. The van der Waals surface area contributed by atoms with Crippen LogP contribution < -0.4 is 14.8 Å². The van der Waals surface area contributed by atoms with Gasteiger partial charge in [0.2, 0.25) is 0 Å². The molecule has 0 saturated carbocycles. The number of thiocarbonyl (C=S) groups is 1. The van der Waals surface area contributed by atoms with Gasteiger partial charge in [-0.25, -0.2) is 0 Å². The molecular weight excluding hydrogens is 514 g/mol. The Morgan fingerprint density at radius 3 is 2.70 bits per heavy atom. The zero-order chi connectivity index (χ0) is 19.2. The van der Waals surface area contributed by atoms with E-state index in [1.807, 2.05) is 42.5 Å². The lowest BCUT2D eigenvalue weighted by Gasteiger charge is -2.13. The molecule has 0 aromatic heterocycles. The third-order valence-electron chi connectivity index (χ3n) is 3.60. The maximum atomic E-state index is 12.0. The number of ether oxygens (including phenoxy) is 2. The van der Waals surface area contributed by atoms with Gasteiger partial charge in [0.05, 0.1) is 11.5 Å². The summed E-state index contributed by atoms with van der Waals surface area (Å²) in [5, 5.41) is 3.36. The van der Waals surface area contributed by atoms with Crippen LogP contribution in [0, 0.1) is 0 Å². The Bertz CT molecular complexity index is 902. The molecule has 0 aliphatic carbocycles. The molecule has 0 unspecified atom stereocenters. The molecule has 2 aromatic carbocycles. The highest BCUT2D eigenvalue weighted by atomic mass is 79.9. The van der Waals surface area contributed by atoms with Crippen molar-refractivity contribution < 1.29 is 14.3 Å². The molecule has 140 valence electrons. The second kappa shape index (κ2) is 9.73. The van der Waals surface area contributed by atoms with Crippen molar-refractivity contribution in [2.75, 3.05) is 11.9 Å². The molecule has 1 fully saturated rings. The molecule has 1 saturated heterocycles. The van der Waals surface area contributed by atoms with E-state index in [0.717, 1.165) is 20.9 Å². The molecule has 0 spiro atoms. The van der Waals surface area contributed by atoms with Gasteiger partial charge in [-0.1, -0.05) is 74.0 Å². The van der Waals surface area contributed by atoms with Crippen LogP contribution in [0.3, 0.4) is 0 Å². The van der Waals surface area contributed by atoms with Crippen molar-refractivity contribution in [1.29, 1.82) is 0 Å². The summed E-state index contributed by atoms with van der Waals surface area (Å²) >= 11 is 13.2. The molecule has 1 aliphatic rings. The predicted molar refractivity (Wildman–Crippen MR) is 121 cm³/mol. The second-order valence-corrected chi connectivity index (χ2v) is 8.84. The summed E-state index contributed by atoms with van der Waals surface area (Å²) in [6.07, 6.45) is 1.78. The highest BCUT2D eigenvalue weighted by Gasteiger charge is 2.22. The lowest BCUT2D eigenvalue weighted by atomic mass is 10.1. The topological polar surface area (TPSA) is 47.6 Å². The van der Waals surface area contributed by atoms with E-state index < -0.39 is 0 Å². The number of nitrogens with one attached hydrogen (secondary N) is 1. The van der Waals surface area contributed by atoms with Gasteiger partial charge in [-0.15, -0.1) is 0 Å². The quantitative estimate of drug-likeness (QED) is 0.300. The van der Waals surface area contributed by atoms with Gasteiger partial charge in [-0.2, -0.15) is 0 Å². The maximum Gasteiger partial charge on any atom is 0.263 e. The first kappa shape index (κ1) is 20.4. The van der Waals surface area contributed by atoms with Crippen LogP contribution in [0.15, 0.2) is 51.8 Å². The van der Waals surface area contributed by atoms with Gasteiger partial charge < -0.3 is 14.8 Å². The van der Waals surface area contributed by atoms with Crippen LogP contribution in [0.2, 0.25) is 0 Å². The first-order valence-corrected chi connectivity index (χ1v) is 11.1. The predicted octanol–water partition coefficient (Wildman–Crippen LogP) is 5.29. The van der Waals surface area contributed by atoms with E-state index in [9.17, 15) is 4.79 Å². The summed E-state index contributed by atoms with van der Waals surface area (Å²) in [4.78, 5) is 12.5.